The van der Waals surface area contributed by atoms with E-state index >= 15 is 0 Å². The summed E-state index contributed by atoms with van der Waals surface area (Å²) in [6, 6.07) is 4.03. The van der Waals surface area contributed by atoms with Crippen LogP contribution in [0.5, 0.6) is 0 Å². The Morgan fingerprint density at radius 1 is 1.67 bits per heavy atom. The smallest absolute Gasteiger partial charge is 0.318 e. The molecule has 80 valence electrons. The average molecular weight is 288 g/mol. The first-order valence-electron chi connectivity index (χ1n) is 4.51. The van der Waals surface area contributed by atoms with E-state index in [1.807, 2.05) is 19.1 Å². The minimum Gasteiger partial charge on any atom is -0.480 e. The Kier molecular flexibility index (Phi) is 2.93. The predicted molar refractivity (Wildman–Crippen MR) is 64.6 cm³/mol. The number of halogens is 1. The van der Waals surface area contributed by atoms with Crippen molar-refractivity contribution in [1.82, 2.24) is 0 Å². The molecule has 2 rings (SSSR count). The highest BCUT2D eigenvalue weighted by atomic mass is 79.9. The summed E-state index contributed by atoms with van der Waals surface area (Å²) in [7, 11) is 0. The maximum absolute atomic E-state index is 10.9. The van der Waals surface area contributed by atoms with Crippen LogP contribution >= 0.6 is 27.7 Å². The van der Waals surface area contributed by atoms with Crippen molar-refractivity contribution in [2.75, 3.05) is 11.9 Å². The van der Waals surface area contributed by atoms with Gasteiger partial charge in [-0.05, 0) is 40.5 Å². The summed E-state index contributed by atoms with van der Waals surface area (Å²) in [6.07, 6.45) is 0. The third kappa shape index (κ3) is 2.13. The summed E-state index contributed by atoms with van der Waals surface area (Å²) in [5.74, 6) is -0.768. The van der Waals surface area contributed by atoms with Crippen molar-refractivity contribution in [3.8, 4) is 0 Å². The van der Waals surface area contributed by atoms with Gasteiger partial charge in [0, 0.05) is 15.9 Å². The van der Waals surface area contributed by atoms with Crippen molar-refractivity contribution in [2.24, 2.45) is 0 Å². The maximum atomic E-state index is 10.9. The quantitative estimate of drug-likeness (QED) is 0.834. The highest BCUT2D eigenvalue weighted by Crippen LogP contribution is 2.40. The van der Waals surface area contributed by atoms with Gasteiger partial charge in [-0.2, -0.15) is 0 Å². The third-order valence-corrected chi connectivity index (χ3v) is 4.06. The molecule has 0 bridgehead atoms. The minimum atomic E-state index is -0.768. The van der Waals surface area contributed by atoms with Crippen LogP contribution in [0.2, 0.25) is 0 Å². The van der Waals surface area contributed by atoms with E-state index in [-0.39, 0.29) is 0 Å². The van der Waals surface area contributed by atoms with E-state index in [1.54, 1.807) is 0 Å². The first kappa shape index (κ1) is 10.8. The Balaban J connectivity index is 2.37. The molecule has 0 spiro atoms. The molecule has 3 nitrogen and oxygen atoms in total. The molecule has 0 fully saturated rings. The van der Waals surface area contributed by atoms with Crippen LogP contribution in [0.4, 0.5) is 5.69 Å². The van der Waals surface area contributed by atoms with Gasteiger partial charge in [-0.15, -0.1) is 11.8 Å². The second-order valence-corrected chi connectivity index (χ2v) is 5.54. The summed E-state index contributed by atoms with van der Waals surface area (Å²) in [5, 5.41) is 11.7. The van der Waals surface area contributed by atoms with Gasteiger partial charge in [0.2, 0.25) is 0 Å². The molecular formula is C10H10BrNO2S. The number of hydrogen-bond donors (Lipinski definition) is 2. The number of carbonyl (C=O) groups is 1. The zero-order valence-corrected chi connectivity index (χ0v) is 10.5. The Bertz CT molecular complexity index is 422. The molecule has 0 saturated heterocycles. The zero-order valence-electron chi connectivity index (χ0n) is 8.08. The van der Waals surface area contributed by atoms with Crippen LogP contribution < -0.4 is 5.32 Å². The van der Waals surface area contributed by atoms with E-state index in [0.29, 0.717) is 6.54 Å². The molecule has 15 heavy (non-hydrogen) atoms. The number of carboxylic acids is 1. The van der Waals surface area contributed by atoms with E-state index in [9.17, 15) is 4.79 Å². The number of hydrogen-bond acceptors (Lipinski definition) is 3. The third-order valence-electron chi connectivity index (χ3n) is 2.21. The SMILES string of the molecule is Cc1cc(Br)c2c(c1)SC(C(=O)O)CN2. The largest absolute Gasteiger partial charge is 0.480 e. The first-order valence-corrected chi connectivity index (χ1v) is 6.18. The molecular weight excluding hydrogens is 278 g/mol. The molecule has 0 aromatic heterocycles. The normalized spacial score (nSPS) is 19.2. The number of aryl methyl sites for hydroxylation is 1. The van der Waals surface area contributed by atoms with Crippen LogP contribution in [0.15, 0.2) is 21.5 Å². The van der Waals surface area contributed by atoms with E-state index in [0.717, 1.165) is 20.6 Å². The van der Waals surface area contributed by atoms with E-state index in [4.69, 9.17) is 5.11 Å². The monoisotopic (exact) mass is 287 g/mol. The molecule has 1 atom stereocenters. The van der Waals surface area contributed by atoms with Gasteiger partial charge in [0.05, 0.1) is 5.69 Å². The lowest BCUT2D eigenvalue weighted by Gasteiger charge is -2.24. The van der Waals surface area contributed by atoms with Crippen molar-refractivity contribution in [1.29, 1.82) is 0 Å². The Morgan fingerprint density at radius 2 is 2.40 bits per heavy atom. The van der Waals surface area contributed by atoms with Crippen molar-refractivity contribution < 1.29 is 9.90 Å². The first-order chi connectivity index (χ1) is 7.08. The fraction of sp³-hybridized carbons (Fsp3) is 0.300. The molecule has 0 amide bonds. The van der Waals surface area contributed by atoms with Gasteiger partial charge in [-0.3, -0.25) is 4.79 Å². The van der Waals surface area contributed by atoms with Crippen LogP contribution in [0.1, 0.15) is 5.56 Å². The van der Waals surface area contributed by atoms with Gasteiger partial charge < -0.3 is 10.4 Å². The number of rotatable bonds is 1. The lowest BCUT2D eigenvalue weighted by molar-refractivity contribution is -0.136. The summed E-state index contributed by atoms with van der Waals surface area (Å²) in [5.41, 5.74) is 2.13. The fourth-order valence-corrected chi connectivity index (χ4v) is 3.48. The van der Waals surface area contributed by atoms with Crippen LogP contribution in [-0.2, 0) is 4.79 Å². The van der Waals surface area contributed by atoms with Crippen molar-refractivity contribution in [3.05, 3.63) is 22.2 Å². The van der Waals surface area contributed by atoms with Crippen molar-refractivity contribution in [2.45, 2.75) is 17.1 Å². The van der Waals surface area contributed by atoms with Gasteiger partial charge in [0.1, 0.15) is 5.25 Å². The fourth-order valence-electron chi connectivity index (χ4n) is 1.50. The second-order valence-electron chi connectivity index (χ2n) is 3.45. The highest BCUT2D eigenvalue weighted by molar-refractivity contribution is 9.10. The summed E-state index contributed by atoms with van der Waals surface area (Å²) in [6.45, 7) is 2.46. The van der Waals surface area contributed by atoms with Crippen LogP contribution in [0, 0.1) is 6.92 Å². The molecule has 1 heterocycles. The average Bonchev–Trinajstić information content (AvgIpc) is 2.16. The molecule has 0 saturated carbocycles. The lowest BCUT2D eigenvalue weighted by Crippen LogP contribution is -2.28. The Labute approximate surface area is 100 Å². The van der Waals surface area contributed by atoms with Crippen molar-refractivity contribution >= 4 is 39.3 Å². The summed E-state index contributed by atoms with van der Waals surface area (Å²) in [4.78, 5) is 11.9. The summed E-state index contributed by atoms with van der Waals surface area (Å²) < 4.78 is 0.994. The second kappa shape index (κ2) is 4.06. The zero-order chi connectivity index (χ0) is 11.0. The van der Waals surface area contributed by atoms with Crippen LogP contribution in [0.25, 0.3) is 0 Å². The van der Waals surface area contributed by atoms with Crippen LogP contribution in [0.3, 0.4) is 0 Å². The molecule has 1 unspecified atom stereocenters. The number of anilines is 1. The predicted octanol–water partition coefficient (Wildman–Crippen LogP) is 2.73. The van der Waals surface area contributed by atoms with Gasteiger partial charge >= 0.3 is 5.97 Å². The topological polar surface area (TPSA) is 49.3 Å². The number of aliphatic carboxylic acids is 1. The molecule has 1 aromatic rings. The number of carboxylic acid groups (broad SMARTS) is 1. The number of thioether (sulfide) groups is 1. The standard InChI is InChI=1S/C10H10BrNO2S/c1-5-2-6(11)9-7(3-5)15-8(4-12-9)10(13)14/h2-3,8,12H,4H2,1H3,(H,13,14). The van der Waals surface area contributed by atoms with Gasteiger partial charge in [0.25, 0.3) is 0 Å². The lowest BCUT2D eigenvalue weighted by atomic mass is 10.2. The molecule has 0 radical (unpaired) electrons. The number of benzene rings is 1. The van der Waals surface area contributed by atoms with E-state index < -0.39 is 11.2 Å². The molecule has 0 aliphatic carbocycles. The number of nitrogens with one attached hydrogen (secondary N) is 1. The highest BCUT2D eigenvalue weighted by Gasteiger charge is 2.25. The minimum absolute atomic E-state index is 0.397. The Morgan fingerprint density at radius 3 is 3.07 bits per heavy atom. The Hall–Kier alpha value is -0.680. The van der Waals surface area contributed by atoms with Gasteiger partial charge in [0.15, 0.2) is 0 Å². The van der Waals surface area contributed by atoms with Gasteiger partial charge in [-0.1, -0.05) is 0 Å². The molecule has 1 aromatic carbocycles. The van der Waals surface area contributed by atoms with Gasteiger partial charge in [-0.25, -0.2) is 0 Å². The summed E-state index contributed by atoms with van der Waals surface area (Å²) >= 11 is 4.87. The molecule has 5 heteroatoms. The van der Waals surface area contributed by atoms with E-state index in [2.05, 4.69) is 21.2 Å². The van der Waals surface area contributed by atoms with Crippen LogP contribution in [-0.4, -0.2) is 22.9 Å². The molecule has 1 aliphatic heterocycles. The van der Waals surface area contributed by atoms with E-state index in [1.165, 1.54) is 11.8 Å². The maximum Gasteiger partial charge on any atom is 0.318 e. The van der Waals surface area contributed by atoms with Crippen molar-refractivity contribution in [3.63, 3.8) is 0 Å². The number of fused-ring (bicyclic) bond motifs is 1. The molecule has 2 N–H and O–H groups in total. The molecule has 1 aliphatic rings.